The molecule has 0 aromatic carbocycles. The molecule has 4 heteroatoms. The third kappa shape index (κ3) is 1.84. The molecule has 0 unspecified atom stereocenters. The lowest BCUT2D eigenvalue weighted by atomic mass is 9.79. The number of aliphatic hydroxyl groups excluding tert-OH is 2. The Hall–Kier alpha value is -0.870. The number of cyclic esters (lactones) is 1. The standard InChI is InChI=1S/C15H22O4/c1-8-3-11-10(6-19-14(11)18)4-9-5-15(2,7-16)13(17)12(8)9/h8-9,12-13,16-17H,3-7H2,1-2H3/t8-,9-,12-,13+,15-/m1/s1. The molecule has 4 nitrogen and oxygen atoms in total. The van der Waals surface area contributed by atoms with Gasteiger partial charge in [0.15, 0.2) is 0 Å². The Morgan fingerprint density at radius 1 is 1.42 bits per heavy atom. The van der Waals surface area contributed by atoms with Crippen LogP contribution < -0.4 is 0 Å². The minimum absolute atomic E-state index is 0.0230. The summed E-state index contributed by atoms with van der Waals surface area (Å²) in [5.41, 5.74) is 1.57. The molecule has 0 aromatic heterocycles. The van der Waals surface area contributed by atoms with Crippen LogP contribution in [0.25, 0.3) is 0 Å². The molecule has 19 heavy (non-hydrogen) atoms. The van der Waals surface area contributed by atoms with Crippen molar-refractivity contribution in [1.29, 1.82) is 0 Å². The average Bonchev–Trinajstić information content (AvgIpc) is 2.77. The van der Waals surface area contributed by atoms with Crippen molar-refractivity contribution in [2.75, 3.05) is 13.2 Å². The van der Waals surface area contributed by atoms with Gasteiger partial charge >= 0.3 is 5.97 Å². The average molecular weight is 266 g/mol. The second-order valence-corrected chi connectivity index (χ2v) is 6.84. The Balaban J connectivity index is 1.92. The van der Waals surface area contributed by atoms with Gasteiger partial charge in [0.1, 0.15) is 6.61 Å². The Bertz CT molecular complexity index is 441. The number of esters is 1. The number of carbonyl (C=O) groups excluding carboxylic acids is 1. The van der Waals surface area contributed by atoms with Gasteiger partial charge in [0, 0.05) is 11.0 Å². The fourth-order valence-electron chi connectivity index (χ4n) is 4.38. The van der Waals surface area contributed by atoms with E-state index in [1.807, 2.05) is 6.92 Å². The minimum atomic E-state index is -0.478. The molecular formula is C15H22O4. The highest BCUT2D eigenvalue weighted by atomic mass is 16.5. The van der Waals surface area contributed by atoms with Crippen LogP contribution in [0.2, 0.25) is 0 Å². The lowest BCUT2D eigenvalue weighted by molar-refractivity contribution is -0.136. The molecule has 1 aliphatic heterocycles. The Labute approximate surface area is 113 Å². The van der Waals surface area contributed by atoms with Crippen molar-refractivity contribution in [3.8, 4) is 0 Å². The maximum atomic E-state index is 11.7. The Morgan fingerprint density at radius 3 is 2.84 bits per heavy atom. The zero-order chi connectivity index (χ0) is 13.8. The molecule has 1 fully saturated rings. The Morgan fingerprint density at radius 2 is 2.16 bits per heavy atom. The number of aliphatic hydroxyl groups is 2. The zero-order valence-corrected chi connectivity index (χ0v) is 11.6. The minimum Gasteiger partial charge on any atom is -0.458 e. The predicted molar refractivity (Wildman–Crippen MR) is 69.2 cm³/mol. The summed E-state index contributed by atoms with van der Waals surface area (Å²) in [6.45, 7) is 4.52. The van der Waals surface area contributed by atoms with Crippen LogP contribution in [0, 0.1) is 23.2 Å². The van der Waals surface area contributed by atoms with Crippen molar-refractivity contribution < 1.29 is 19.7 Å². The fraction of sp³-hybridized carbons (Fsp3) is 0.800. The van der Waals surface area contributed by atoms with E-state index in [9.17, 15) is 15.0 Å². The van der Waals surface area contributed by atoms with Gasteiger partial charge in [-0.15, -0.1) is 0 Å². The molecule has 3 aliphatic rings. The summed E-state index contributed by atoms with van der Waals surface area (Å²) in [5, 5.41) is 20.2. The van der Waals surface area contributed by atoms with Crippen molar-refractivity contribution in [3.63, 3.8) is 0 Å². The summed E-state index contributed by atoms with van der Waals surface area (Å²) in [4.78, 5) is 11.7. The predicted octanol–water partition coefficient (Wildman–Crippen LogP) is 1.27. The van der Waals surface area contributed by atoms with E-state index >= 15 is 0 Å². The van der Waals surface area contributed by atoms with Crippen LogP contribution in [-0.2, 0) is 9.53 Å². The highest BCUT2D eigenvalue weighted by Gasteiger charge is 2.53. The van der Waals surface area contributed by atoms with Gasteiger partial charge in [0.25, 0.3) is 0 Å². The van der Waals surface area contributed by atoms with Gasteiger partial charge in [-0.1, -0.05) is 13.8 Å². The van der Waals surface area contributed by atoms with Crippen molar-refractivity contribution in [2.24, 2.45) is 23.2 Å². The molecule has 5 atom stereocenters. The summed E-state index contributed by atoms with van der Waals surface area (Å²) in [6, 6.07) is 0. The zero-order valence-electron chi connectivity index (χ0n) is 11.6. The quantitative estimate of drug-likeness (QED) is 0.701. The molecule has 106 valence electrons. The smallest absolute Gasteiger partial charge is 0.334 e. The molecule has 0 bridgehead atoms. The van der Waals surface area contributed by atoms with E-state index in [1.54, 1.807) is 0 Å². The van der Waals surface area contributed by atoms with Gasteiger partial charge in [0.2, 0.25) is 0 Å². The fourth-order valence-corrected chi connectivity index (χ4v) is 4.38. The number of carbonyl (C=O) groups is 1. The second-order valence-electron chi connectivity index (χ2n) is 6.84. The van der Waals surface area contributed by atoms with Crippen LogP contribution in [0.4, 0.5) is 0 Å². The van der Waals surface area contributed by atoms with Crippen LogP contribution in [-0.4, -0.2) is 35.5 Å². The van der Waals surface area contributed by atoms with Gasteiger partial charge in [-0.2, -0.15) is 0 Å². The maximum absolute atomic E-state index is 11.7. The van der Waals surface area contributed by atoms with E-state index in [0.717, 1.165) is 24.0 Å². The lowest BCUT2D eigenvalue weighted by Gasteiger charge is -2.31. The molecule has 2 aliphatic carbocycles. The first kappa shape index (κ1) is 13.1. The monoisotopic (exact) mass is 266 g/mol. The highest BCUT2D eigenvalue weighted by molar-refractivity contribution is 5.91. The molecule has 1 heterocycles. The van der Waals surface area contributed by atoms with Crippen molar-refractivity contribution in [1.82, 2.24) is 0 Å². The van der Waals surface area contributed by atoms with Crippen LogP contribution in [0.1, 0.15) is 33.1 Å². The van der Waals surface area contributed by atoms with Crippen molar-refractivity contribution in [2.45, 2.75) is 39.2 Å². The summed E-state index contributed by atoms with van der Waals surface area (Å²) >= 11 is 0. The van der Waals surface area contributed by atoms with E-state index in [1.165, 1.54) is 0 Å². The molecule has 0 aromatic rings. The highest BCUT2D eigenvalue weighted by Crippen LogP contribution is 2.53. The van der Waals surface area contributed by atoms with E-state index in [-0.39, 0.29) is 24.4 Å². The molecule has 2 N–H and O–H groups in total. The summed E-state index contributed by atoms with van der Waals surface area (Å²) < 4.78 is 5.13. The SMILES string of the molecule is C[C@@H]1CC2=C(COC2=O)C[C@@H]2C[C@](C)(CO)[C@@H](O)[C@@H]21. The van der Waals surface area contributed by atoms with Gasteiger partial charge in [-0.3, -0.25) is 0 Å². The molecule has 0 spiro atoms. The molecule has 0 saturated heterocycles. The molecule has 3 rings (SSSR count). The third-order valence-corrected chi connectivity index (χ3v) is 5.46. The van der Waals surface area contributed by atoms with Crippen molar-refractivity contribution in [3.05, 3.63) is 11.1 Å². The molecule has 1 saturated carbocycles. The van der Waals surface area contributed by atoms with E-state index in [4.69, 9.17) is 4.74 Å². The normalized spacial score (nSPS) is 45.8. The maximum Gasteiger partial charge on any atom is 0.334 e. The van der Waals surface area contributed by atoms with E-state index < -0.39 is 11.5 Å². The van der Waals surface area contributed by atoms with Crippen LogP contribution in [0.15, 0.2) is 11.1 Å². The van der Waals surface area contributed by atoms with Gasteiger partial charge in [-0.25, -0.2) is 4.79 Å². The number of hydrogen-bond acceptors (Lipinski definition) is 4. The number of hydrogen-bond donors (Lipinski definition) is 2. The van der Waals surface area contributed by atoms with Crippen LogP contribution in [0.5, 0.6) is 0 Å². The van der Waals surface area contributed by atoms with Gasteiger partial charge < -0.3 is 14.9 Å². The summed E-state index contributed by atoms with van der Waals surface area (Å²) in [6.07, 6.45) is 1.88. The topological polar surface area (TPSA) is 66.8 Å². The van der Waals surface area contributed by atoms with Gasteiger partial charge in [-0.05, 0) is 42.6 Å². The van der Waals surface area contributed by atoms with E-state index in [0.29, 0.717) is 18.9 Å². The third-order valence-electron chi connectivity index (χ3n) is 5.46. The largest absolute Gasteiger partial charge is 0.458 e. The van der Waals surface area contributed by atoms with Crippen LogP contribution >= 0.6 is 0 Å². The first-order valence-electron chi connectivity index (χ1n) is 7.13. The number of ether oxygens (including phenoxy) is 1. The van der Waals surface area contributed by atoms with Crippen molar-refractivity contribution >= 4 is 5.97 Å². The molecule has 0 amide bonds. The first-order valence-corrected chi connectivity index (χ1v) is 7.13. The lowest BCUT2D eigenvalue weighted by Crippen LogP contribution is -2.36. The number of fused-ring (bicyclic) bond motifs is 1. The summed E-state index contributed by atoms with van der Waals surface area (Å²) in [5.74, 6) is 0.618. The van der Waals surface area contributed by atoms with Gasteiger partial charge in [0.05, 0.1) is 12.7 Å². The first-order chi connectivity index (χ1) is 8.96. The second kappa shape index (κ2) is 4.32. The number of rotatable bonds is 1. The summed E-state index contributed by atoms with van der Waals surface area (Å²) in [7, 11) is 0. The molecule has 0 radical (unpaired) electrons. The molecular weight excluding hydrogens is 244 g/mol. The van der Waals surface area contributed by atoms with Crippen LogP contribution in [0.3, 0.4) is 0 Å². The Kier molecular flexibility index (Phi) is 2.98. The van der Waals surface area contributed by atoms with E-state index in [2.05, 4.69) is 6.92 Å².